The molecule has 1 heterocycles. The van der Waals surface area contributed by atoms with Crippen molar-refractivity contribution in [2.24, 2.45) is 0 Å². The molecule has 5 heteroatoms. The van der Waals surface area contributed by atoms with Crippen molar-refractivity contribution in [2.75, 3.05) is 12.3 Å². The van der Waals surface area contributed by atoms with Gasteiger partial charge >= 0.3 is 0 Å². The quantitative estimate of drug-likeness (QED) is 0.912. The summed E-state index contributed by atoms with van der Waals surface area (Å²) in [6, 6.07) is 6.00. The van der Waals surface area contributed by atoms with Gasteiger partial charge in [0, 0.05) is 10.4 Å². The van der Waals surface area contributed by atoms with Gasteiger partial charge in [-0.05, 0) is 50.5 Å². The van der Waals surface area contributed by atoms with Crippen LogP contribution in [0.15, 0.2) is 18.2 Å². The Balaban J connectivity index is 1.88. The highest BCUT2D eigenvalue weighted by atomic mass is 32.1. The third kappa shape index (κ3) is 2.64. The number of aromatic nitrogens is 1. The molecule has 0 atom stereocenters. The van der Waals surface area contributed by atoms with Gasteiger partial charge in [-0.1, -0.05) is 0 Å². The third-order valence-electron chi connectivity index (χ3n) is 3.26. The van der Waals surface area contributed by atoms with Gasteiger partial charge < -0.3 is 15.6 Å². The number of rotatable bonds is 3. The van der Waals surface area contributed by atoms with E-state index in [4.69, 9.17) is 10.5 Å². The lowest BCUT2D eigenvalue weighted by atomic mass is 9.93. The lowest BCUT2D eigenvalue weighted by Gasteiger charge is -2.20. The molecule has 0 radical (unpaired) electrons. The van der Waals surface area contributed by atoms with Crippen molar-refractivity contribution in [2.45, 2.75) is 32.3 Å². The molecule has 1 aromatic carbocycles. The highest BCUT2D eigenvalue weighted by molar-refractivity contribution is 7.15. The van der Waals surface area contributed by atoms with E-state index in [1.807, 2.05) is 18.2 Å². The molecule has 106 valence electrons. The Hall–Kier alpha value is -1.59. The summed E-state index contributed by atoms with van der Waals surface area (Å²) in [5.74, 6) is 0.789. The molecule has 1 aromatic heterocycles. The van der Waals surface area contributed by atoms with Gasteiger partial charge in [0.15, 0.2) is 5.13 Å². The number of hydrogen-bond acceptors (Lipinski definition) is 5. The second-order valence-corrected chi connectivity index (χ2v) is 6.86. The average Bonchev–Trinajstić information content (AvgIpc) is 2.76. The number of aryl methyl sites for hydroxylation is 2. The number of anilines is 1. The van der Waals surface area contributed by atoms with Gasteiger partial charge in [-0.3, -0.25) is 0 Å². The Bertz CT molecular complexity index is 644. The summed E-state index contributed by atoms with van der Waals surface area (Å²) in [7, 11) is 0. The summed E-state index contributed by atoms with van der Waals surface area (Å²) in [6.45, 7) is 3.74. The maximum Gasteiger partial charge on any atom is 0.180 e. The second-order valence-electron chi connectivity index (χ2n) is 5.74. The second kappa shape index (κ2) is 4.75. The maximum absolute atomic E-state index is 9.70. The van der Waals surface area contributed by atoms with Crippen molar-refractivity contribution in [3.63, 3.8) is 0 Å². The molecule has 0 aliphatic heterocycles. The van der Waals surface area contributed by atoms with Crippen LogP contribution in [-0.2, 0) is 12.8 Å². The number of thiazole rings is 1. The third-order valence-corrected chi connectivity index (χ3v) is 4.20. The molecule has 3 N–H and O–H groups in total. The van der Waals surface area contributed by atoms with Crippen molar-refractivity contribution in [1.29, 1.82) is 0 Å². The zero-order valence-electron chi connectivity index (χ0n) is 11.6. The van der Waals surface area contributed by atoms with Gasteiger partial charge in [0.25, 0.3) is 0 Å². The normalized spacial score (nSPS) is 13.8. The SMILES string of the molecule is CC(C)(O)COc1ccc2c(c1)CCc1sc(N)nc1-2. The Kier molecular flexibility index (Phi) is 3.18. The lowest BCUT2D eigenvalue weighted by Crippen LogP contribution is -2.27. The largest absolute Gasteiger partial charge is 0.491 e. The number of nitrogens with two attached hydrogens (primary N) is 1. The van der Waals surface area contributed by atoms with Gasteiger partial charge in [-0.15, -0.1) is 11.3 Å². The zero-order chi connectivity index (χ0) is 14.3. The van der Waals surface area contributed by atoms with E-state index < -0.39 is 5.60 Å². The Morgan fingerprint density at radius 3 is 2.95 bits per heavy atom. The van der Waals surface area contributed by atoms with Crippen molar-refractivity contribution in [3.8, 4) is 17.0 Å². The van der Waals surface area contributed by atoms with E-state index >= 15 is 0 Å². The molecule has 1 aliphatic rings. The van der Waals surface area contributed by atoms with E-state index in [1.54, 1.807) is 25.2 Å². The van der Waals surface area contributed by atoms with Crippen LogP contribution in [-0.4, -0.2) is 22.3 Å². The molecule has 4 nitrogen and oxygen atoms in total. The lowest BCUT2D eigenvalue weighted by molar-refractivity contribution is 0.0284. The molecular formula is C15H18N2O2S. The maximum atomic E-state index is 9.70. The fourth-order valence-electron chi connectivity index (χ4n) is 2.36. The molecule has 0 amide bonds. The Morgan fingerprint density at radius 2 is 2.20 bits per heavy atom. The van der Waals surface area contributed by atoms with E-state index in [2.05, 4.69) is 4.98 Å². The van der Waals surface area contributed by atoms with Gasteiger partial charge in [-0.25, -0.2) is 4.98 Å². The summed E-state index contributed by atoms with van der Waals surface area (Å²) in [4.78, 5) is 5.69. The molecule has 0 fully saturated rings. The Morgan fingerprint density at radius 1 is 1.40 bits per heavy atom. The van der Waals surface area contributed by atoms with Gasteiger partial charge in [0.2, 0.25) is 0 Å². The van der Waals surface area contributed by atoms with Crippen molar-refractivity contribution < 1.29 is 9.84 Å². The van der Waals surface area contributed by atoms with Crippen molar-refractivity contribution in [3.05, 3.63) is 28.6 Å². The minimum absolute atomic E-state index is 0.278. The van der Waals surface area contributed by atoms with Crippen LogP contribution in [0.4, 0.5) is 5.13 Å². The van der Waals surface area contributed by atoms with Crippen LogP contribution in [0.2, 0.25) is 0 Å². The van der Waals surface area contributed by atoms with Crippen molar-refractivity contribution in [1.82, 2.24) is 4.98 Å². The molecular weight excluding hydrogens is 272 g/mol. The molecule has 0 saturated heterocycles. The van der Waals surface area contributed by atoms with E-state index in [0.717, 1.165) is 29.8 Å². The number of nitrogen functional groups attached to an aromatic ring is 1. The number of aliphatic hydroxyl groups is 1. The summed E-state index contributed by atoms with van der Waals surface area (Å²) >= 11 is 1.57. The Labute approximate surface area is 122 Å². The number of nitrogens with zero attached hydrogens (tertiary/aromatic N) is 1. The smallest absolute Gasteiger partial charge is 0.180 e. The first-order valence-corrected chi connectivity index (χ1v) is 7.48. The van der Waals surface area contributed by atoms with Crippen LogP contribution < -0.4 is 10.5 Å². The first-order chi connectivity index (χ1) is 9.42. The zero-order valence-corrected chi connectivity index (χ0v) is 12.5. The fourth-order valence-corrected chi connectivity index (χ4v) is 3.20. The first kappa shape index (κ1) is 13.4. The predicted molar refractivity (Wildman–Crippen MR) is 81.2 cm³/mol. The summed E-state index contributed by atoms with van der Waals surface area (Å²) in [5.41, 5.74) is 8.37. The highest BCUT2D eigenvalue weighted by Gasteiger charge is 2.21. The topological polar surface area (TPSA) is 68.4 Å². The molecule has 3 rings (SSSR count). The van der Waals surface area contributed by atoms with Crippen LogP contribution in [0.1, 0.15) is 24.3 Å². The standard InChI is InChI=1S/C15H18N2O2S/c1-15(2,18)8-19-10-4-5-11-9(7-10)3-6-12-13(11)17-14(16)20-12/h4-5,7,18H,3,6,8H2,1-2H3,(H2,16,17). The molecule has 20 heavy (non-hydrogen) atoms. The van der Waals surface area contributed by atoms with Gasteiger partial charge in [-0.2, -0.15) is 0 Å². The van der Waals surface area contributed by atoms with Gasteiger partial charge in [0.1, 0.15) is 12.4 Å². The molecule has 2 aromatic rings. The first-order valence-electron chi connectivity index (χ1n) is 6.66. The summed E-state index contributed by atoms with van der Waals surface area (Å²) < 4.78 is 5.64. The van der Waals surface area contributed by atoms with Crippen LogP contribution in [0, 0.1) is 0 Å². The van der Waals surface area contributed by atoms with E-state index in [0.29, 0.717) is 5.13 Å². The summed E-state index contributed by atoms with van der Waals surface area (Å²) in [5, 5.41) is 10.3. The van der Waals surface area contributed by atoms with Crippen LogP contribution in [0.3, 0.4) is 0 Å². The molecule has 0 bridgehead atoms. The van der Waals surface area contributed by atoms with Gasteiger partial charge in [0.05, 0.1) is 11.3 Å². The molecule has 1 aliphatic carbocycles. The van der Waals surface area contributed by atoms with E-state index in [9.17, 15) is 5.11 Å². The van der Waals surface area contributed by atoms with Crippen LogP contribution >= 0.6 is 11.3 Å². The van der Waals surface area contributed by atoms with E-state index in [-0.39, 0.29) is 6.61 Å². The molecule has 0 spiro atoms. The fraction of sp³-hybridized carbons (Fsp3) is 0.400. The minimum atomic E-state index is -0.827. The monoisotopic (exact) mass is 290 g/mol. The molecule has 0 unspecified atom stereocenters. The highest BCUT2D eigenvalue weighted by Crippen LogP contribution is 2.38. The number of ether oxygens (including phenoxy) is 1. The number of benzene rings is 1. The predicted octanol–water partition coefficient (Wildman–Crippen LogP) is 2.64. The van der Waals surface area contributed by atoms with Crippen LogP contribution in [0.25, 0.3) is 11.3 Å². The minimum Gasteiger partial charge on any atom is -0.491 e. The average molecular weight is 290 g/mol. The number of fused-ring (bicyclic) bond motifs is 3. The van der Waals surface area contributed by atoms with Crippen LogP contribution in [0.5, 0.6) is 5.75 Å². The molecule has 0 saturated carbocycles. The van der Waals surface area contributed by atoms with E-state index in [1.165, 1.54) is 10.4 Å². The van der Waals surface area contributed by atoms with Crippen molar-refractivity contribution >= 4 is 16.5 Å². The summed E-state index contributed by atoms with van der Waals surface area (Å²) in [6.07, 6.45) is 1.95. The number of hydrogen-bond donors (Lipinski definition) is 2.